The summed E-state index contributed by atoms with van der Waals surface area (Å²) >= 11 is 0. The molecule has 2 amide bonds. The molecule has 0 bridgehead atoms. The van der Waals surface area contributed by atoms with E-state index in [-0.39, 0.29) is 29.9 Å². The smallest absolute Gasteiger partial charge is 0.226 e. The van der Waals surface area contributed by atoms with E-state index in [9.17, 15) is 9.59 Å². The van der Waals surface area contributed by atoms with Crippen LogP contribution in [0, 0.1) is 5.92 Å². The quantitative estimate of drug-likeness (QED) is 0.500. The Bertz CT molecular complexity index is 1140. The Balaban J connectivity index is 1.36. The standard InChI is InChI=1S/C31H37N3O2/c1-21(32-22(2)35)33-31(36)28-13-7-8-14-29(28)34-19-17-25(18-20-34)30-26-11-5-3-9-23(26)15-16-24-10-4-6-12-27(24)30/h3-6,9-12,15-16,21,28-29H,7-8,13-14,17-20H2,1-2H3,(H,32,35)(H,33,36). The molecule has 3 aliphatic rings. The maximum absolute atomic E-state index is 13.2. The van der Waals surface area contributed by atoms with Crippen molar-refractivity contribution in [2.75, 3.05) is 13.1 Å². The van der Waals surface area contributed by atoms with Crippen LogP contribution in [-0.2, 0) is 9.59 Å². The molecular formula is C31H37N3O2. The van der Waals surface area contributed by atoms with E-state index in [1.165, 1.54) is 46.7 Å². The number of fused-ring (bicyclic) bond motifs is 2. The lowest BCUT2D eigenvalue weighted by molar-refractivity contribution is -0.130. The van der Waals surface area contributed by atoms with Crippen molar-refractivity contribution >= 4 is 29.5 Å². The summed E-state index contributed by atoms with van der Waals surface area (Å²) < 4.78 is 0. The molecule has 3 atom stereocenters. The van der Waals surface area contributed by atoms with E-state index >= 15 is 0 Å². The fourth-order valence-corrected chi connectivity index (χ4v) is 6.34. The topological polar surface area (TPSA) is 61.4 Å². The summed E-state index contributed by atoms with van der Waals surface area (Å²) in [5.41, 5.74) is 8.11. The first-order valence-corrected chi connectivity index (χ1v) is 13.4. The van der Waals surface area contributed by atoms with Gasteiger partial charge in [0.25, 0.3) is 0 Å². The monoisotopic (exact) mass is 483 g/mol. The van der Waals surface area contributed by atoms with E-state index in [0.717, 1.165) is 45.2 Å². The number of carbonyl (C=O) groups is 2. The van der Waals surface area contributed by atoms with E-state index in [1.54, 1.807) is 0 Å². The summed E-state index contributed by atoms with van der Waals surface area (Å²) in [7, 11) is 0. The van der Waals surface area contributed by atoms with Crippen molar-refractivity contribution in [2.24, 2.45) is 5.92 Å². The predicted octanol–water partition coefficient (Wildman–Crippen LogP) is 5.23. The van der Waals surface area contributed by atoms with Crippen molar-refractivity contribution in [3.8, 4) is 0 Å². The van der Waals surface area contributed by atoms with Gasteiger partial charge in [0.15, 0.2) is 0 Å². The minimum absolute atomic E-state index is 0.0207. The number of benzene rings is 2. The van der Waals surface area contributed by atoms with Crippen LogP contribution in [0.15, 0.2) is 54.1 Å². The molecule has 5 heteroatoms. The predicted molar refractivity (Wildman–Crippen MR) is 146 cm³/mol. The molecule has 36 heavy (non-hydrogen) atoms. The fraction of sp³-hybridized carbons (Fsp3) is 0.419. The maximum Gasteiger partial charge on any atom is 0.226 e. The second-order valence-corrected chi connectivity index (χ2v) is 10.4. The Morgan fingerprint density at radius 1 is 0.861 bits per heavy atom. The van der Waals surface area contributed by atoms with E-state index in [2.05, 4.69) is 76.2 Å². The SMILES string of the molecule is CC(=O)NC(C)NC(=O)C1CCCCC1N1CCC(=C2c3ccccc3C=Cc3ccccc32)CC1. The highest BCUT2D eigenvalue weighted by atomic mass is 16.2. The minimum atomic E-state index is -0.348. The molecule has 0 spiro atoms. The highest BCUT2D eigenvalue weighted by Crippen LogP contribution is 2.40. The summed E-state index contributed by atoms with van der Waals surface area (Å²) in [6.07, 6.45) is 10.4. The van der Waals surface area contributed by atoms with Crippen LogP contribution >= 0.6 is 0 Å². The zero-order valence-corrected chi connectivity index (χ0v) is 21.4. The molecule has 2 aliphatic carbocycles. The van der Waals surface area contributed by atoms with E-state index < -0.39 is 0 Å². The van der Waals surface area contributed by atoms with Crippen LogP contribution in [0.1, 0.15) is 74.6 Å². The van der Waals surface area contributed by atoms with E-state index in [4.69, 9.17) is 0 Å². The van der Waals surface area contributed by atoms with Crippen molar-refractivity contribution < 1.29 is 9.59 Å². The first-order valence-electron chi connectivity index (χ1n) is 13.4. The molecule has 5 nitrogen and oxygen atoms in total. The van der Waals surface area contributed by atoms with Gasteiger partial charge in [0.1, 0.15) is 0 Å². The number of likely N-dealkylation sites (tertiary alicyclic amines) is 1. The first kappa shape index (κ1) is 24.5. The van der Waals surface area contributed by atoms with Gasteiger partial charge in [-0.1, -0.05) is 79.1 Å². The summed E-state index contributed by atoms with van der Waals surface area (Å²) in [6, 6.07) is 17.7. The first-order chi connectivity index (χ1) is 17.5. The van der Waals surface area contributed by atoms with Gasteiger partial charge >= 0.3 is 0 Å². The van der Waals surface area contributed by atoms with Gasteiger partial charge in [-0.05, 0) is 60.4 Å². The van der Waals surface area contributed by atoms with Crippen molar-refractivity contribution in [1.29, 1.82) is 0 Å². The number of amides is 2. The number of carbonyl (C=O) groups excluding carboxylic acids is 2. The Kier molecular flexibility index (Phi) is 7.38. The summed E-state index contributed by atoms with van der Waals surface area (Å²) in [6.45, 7) is 5.26. The van der Waals surface area contributed by atoms with Crippen LogP contribution in [0.4, 0.5) is 0 Å². The van der Waals surface area contributed by atoms with Gasteiger partial charge in [0.05, 0.1) is 12.1 Å². The summed E-state index contributed by atoms with van der Waals surface area (Å²) in [5, 5.41) is 5.80. The van der Waals surface area contributed by atoms with Crippen LogP contribution in [0.2, 0.25) is 0 Å². The molecule has 1 heterocycles. The number of hydrogen-bond donors (Lipinski definition) is 2. The molecule has 2 fully saturated rings. The fourth-order valence-electron chi connectivity index (χ4n) is 6.34. The van der Waals surface area contributed by atoms with Crippen molar-refractivity contribution in [3.63, 3.8) is 0 Å². The molecule has 0 aromatic heterocycles. The number of piperidine rings is 1. The molecule has 0 radical (unpaired) electrons. The molecule has 3 unspecified atom stereocenters. The molecule has 5 rings (SSSR count). The average molecular weight is 484 g/mol. The number of hydrogen-bond acceptors (Lipinski definition) is 3. The highest BCUT2D eigenvalue weighted by molar-refractivity contribution is 5.95. The van der Waals surface area contributed by atoms with E-state index in [0.29, 0.717) is 0 Å². The zero-order valence-electron chi connectivity index (χ0n) is 21.4. The Morgan fingerprint density at radius 2 is 1.44 bits per heavy atom. The second kappa shape index (κ2) is 10.8. The van der Waals surface area contributed by atoms with Crippen LogP contribution < -0.4 is 10.6 Å². The van der Waals surface area contributed by atoms with Gasteiger partial charge in [0, 0.05) is 26.1 Å². The molecule has 188 valence electrons. The highest BCUT2D eigenvalue weighted by Gasteiger charge is 2.36. The molecular weight excluding hydrogens is 446 g/mol. The third kappa shape index (κ3) is 5.17. The third-order valence-corrected chi connectivity index (χ3v) is 7.97. The van der Waals surface area contributed by atoms with Crippen LogP contribution in [0.5, 0.6) is 0 Å². The van der Waals surface area contributed by atoms with Gasteiger partial charge in [-0.25, -0.2) is 0 Å². The second-order valence-electron chi connectivity index (χ2n) is 10.4. The molecule has 1 saturated heterocycles. The number of nitrogens with zero attached hydrogens (tertiary/aromatic N) is 1. The minimum Gasteiger partial charge on any atom is -0.337 e. The summed E-state index contributed by atoms with van der Waals surface area (Å²) in [4.78, 5) is 27.1. The Hall–Kier alpha value is -3.18. The van der Waals surface area contributed by atoms with Gasteiger partial charge in [-0.3, -0.25) is 14.5 Å². The van der Waals surface area contributed by atoms with Gasteiger partial charge < -0.3 is 10.6 Å². The molecule has 1 saturated carbocycles. The Labute approximate surface area is 214 Å². The lowest BCUT2D eigenvalue weighted by Crippen LogP contribution is -2.54. The largest absolute Gasteiger partial charge is 0.337 e. The van der Waals surface area contributed by atoms with Crippen LogP contribution in [-0.4, -0.2) is 42.0 Å². The molecule has 2 aromatic rings. The van der Waals surface area contributed by atoms with E-state index in [1.807, 2.05) is 6.92 Å². The lowest BCUT2D eigenvalue weighted by Gasteiger charge is -2.42. The average Bonchev–Trinajstić information content (AvgIpc) is 3.05. The van der Waals surface area contributed by atoms with Gasteiger partial charge in [-0.2, -0.15) is 0 Å². The lowest BCUT2D eigenvalue weighted by atomic mass is 9.81. The number of rotatable bonds is 4. The zero-order chi connectivity index (χ0) is 25.1. The number of nitrogens with one attached hydrogen (secondary N) is 2. The third-order valence-electron chi connectivity index (χ3n) is 7.97. The van der Waals surface area contributed by atoms with Gasteiger partial charge in [0.2, 0.25) is 11.8 Å². The Morgan fingerprint density at radius 3 is 2.06 bits per heavy atom. The van der Waals surface area contributed by atoms with Crippen LogP contribution in [0.25, 0.3) is 17.7 Å². The van der Waals surface area contributed by atoms with Gasteiger partial charge in [-0.15, -0.1) is 0 Å². The van der Waals surface area contributed by atoms with Crippen LogP contribution in [0.3, 0.4) is 0 Å². The van der Waals surface area contributed by atoms with Crippen molar-refractivity contribution in [2.45, 2.75) is 64.6 Å². The molecule has 1 aliphatic heterocycles. The molecule has 2 N–H and O–H groups in total. The summed E-state index contributed by atoms with van der Waals surface area (Å²) in [5.74, 6) is -0.0769. The normalized spacial score (nSPS) is 22.7. The van der Waals surface area contributed by atoms with Crippen molar-refractivity contribution in [1.82, 2.24) is 15.5 Å². The maximum atomic E-state index is 13.2. The van der Waals surface area contributed by atoms with Crippen molar-refractivity contribution in [3.05, 3.63) is 76.4 Å². The molecule has 2 aromatic carbocycles.